The Kier molecular flexibility index (Phi) is 8.78. The number of carbonyl (C=O) groups excluding carboxylic acids is 1. The van der Waals surface area contributed by atoms with Crippen molar-refractivity contribution in [2.24, 2.45) is 0 Å². The van der Waals surface area contributed by atoms with Gasteiger partial charge in [-0.05, 0) is 98.5 Å². The average molecular weight is 610 g/mol. The monoisotopic (exact) mass is 608 g/mol. The number of ether oxygens (including phenoxy) is 1. The minimum atomic E-state index is -3.89. The van der Waals surface area contributed by atoms with Crippen molar-refractivity contribution >= 4 is 53.5 Å². The highest BCUT2D eigenvalue weighted by Gasteiger charge is 2.20. The normalized spacial score (nSPS) is 11.2. The Labute approximate surface area is 217 Å². The molecule has 0 fully saturated rings. The van der Waals surface area contributed by atoms with E-state index in [1.807, 2.05) is 0 Å². The second kappa shape index (κ2) is 11.4. The number of nitrogens with one attached hydrogen (secondary N) is 2. The van der Waals surface area contributed by atoms with Crippen LogP contribution in [-0.2, 0) is 16.4 Å². The van der Waals surface area contributed by atoms with Gasteiger partial charge < -0.3 is 10.1 Å². The van der Waals surface area contributed by atoms with E-state index in [9.17, 15) is 13.2 Å². The summed E-state index contributed by atoms with van der Waals surface area (Å²) in [5, 5.41) is 2.93. The van der Waals surface area contributed by atoms with Crippen molar-refractivity contribution in [3.8, 4) is 5.75 Å². The summed E-state index contributed by atoms with van der Waals surface area (Å²) in [5.41, 5.74) is 4.36. The van der Waals surface area contributed by atoms with Gasteiger partial charge in [-0.3, -0.25) is 9.52 Å². The van der Waals surface area contributed by atoms with Crippen LogP contribution in [0.5, 0.6) is 5.75 Å². The Hall–Kier alpha value is -2.36. The van der Waals surface area contributed by atoms with Gasteiger partial charge in [-0.2, -0.15) is 0 Å². The molecule has 34 heavy (non-hydrogen) atoms. The van der Waals surface area contributed by atoms with Gasteiger partial charge in [0.1, 0.15) is 10.6 Å². The number of amides is 1. The highest BCUT2D eigenvalue weighted by atomic mass is 79.9. The van der Waals surface area contributed by atoms with Crippen molar-refractivity contribution in [2.45, 2.75) is 32.1 Å². The minimum Gasteiger partial charge on any atom is -0.492 e. The SMILES string of the molecule is CCOc1ccc(Br)cc1S(=O)(=O)Nc1ccc(C(=O)NCCc2c(C)cc(Br)cc2C)cc1. The van der Waals surface area contributed by atoms with E-state index in [4.69, 9.17) is 4.74 Å². The summed E-state index contributed by atoms with van der Waals surface area (Å²) < 4.78 is 35.5. The second-order valence-electron chi connectivity index (χ2n) is 7.73. The lowest BCUT2D eigenvalue weighted by molar-refractivity contribution is 0.0954. The molecular formula is C25H26Br2N2O4S. The molecule has 0 aliphatic rings. The highest BCUT2D eigenvalue weighted by Crippen LogP contribution is 2.29. The van der Waals surface area contributed by atoms with Crippen LogP contribution in [0.3, 0.4) is 0 Å². The lowest BCUT2D eigenvalue weighted by Gasteiger charge is -2.14. The molecule has 0 aliphatic heterocycles. The summed E-state index contributed by atoms with van der Waals surface area (Å²) in [7, 11) is -3.89. The quantitative estimate of drug-likeness (QED) is 0.312. The number of rotatable bonds is 9. The van der Waals surface area contributed by atoms with Crippen molar-refractivity contribution in [2.75, 3.05) is 17.9 Å². The van der Waals surface area contributed by atoms with Crippen LogP contribution in [0, 0.1) is 13.8 Å². The van der Waals surface area contributed by atoms with Crippen LogP contribution in [0.4, 0.5) is 5.69 Å². The van der Waals surface area contributed by atoms with Gasteiger partial charge in [-0.15, -0.1) is 0 Å². The molecule has 0 saturated carbocycles. The predicted octanol–water partition coefficient (Wildman–Crippen LogP) is 6.00. The molecule has 0 aromatic heterocycles. The third kappa shape index (κ3) is 6.61. The zero-order chi connectivity index (χ0) is 24.9. The smallest absolute Gasteiger partial charge is 0.265 e. The molecular weight excluding hydrogens is 584 g/mol. The fourth-order valence-corrected chi connectivity index (χ4v) is 6.03. The molecule has 3 aromatic carbocycles. The number of hydrogen-bond donors (Lipinski definition) is 2. The maximum absolute atomic E-state index is 12.9. The van der Waals surface area contributed by atoms with Gasteiger partial charge in [0.2, 0.25) is 0 Å². The summed E-state index contributed by atoms with van der Waals surface area (Å²) >= 11 is 6.80. The molecule has 1 amide bonds. The summed E-state index contributed by atoms with van der Waals surface area (Å²) in [6, 6.07) is 15.3. The molecule has 9 heteroatoms. The standard InChI is InChI=1S/C25H26Br2N2O4S/c1-4-33-23-10-7-19(26)15-24(23)34(31,32)29-21-8-5-18(6-9-21)25(30)28-12-11-22-16(2)13-20(27)14-17(22)3/h5-10,13-15,29H,4,11-12H2,1-3H3,(H,28,30). The van der Waals surface area contributed by atoms with Crippen LogP contribution in [0.25, 0.3) is 0 Å². The van der Waals surface area contributed by atoms with E-state index in [1.165, 1.54) is 22.8 Å². The molecule has 0 atom stereocenters. The van der Waals surface area contributed by atoms with Gasteiger partial charge >= 0.3 is 0 Å². The Morgan fingerprint density at radius 2 is 1.59 bits per heavy atom. The van der Waals surface area contributed by atoms with E-state index in [1.54, 1.807) is 43.3 Å². The molecule has 0 aliphatic carbocycles. The maximum atomic E-state index is 12.9. The summed E-state index contributed by atoms with van der Waals surface area (Å²) in [6.45, 7) is 6.74. The lowest BCUT2D eigenvalue weighted by Crippen LogP contribution is -2.26. The Balaban J connectivity index is 1.65. The fraction of sp³-hybridized carbons (Fsp3) is 0.240. The van der Waals surface area contributed by atoms with Crippen LogP contribution in [0.15, 0.2) is 68.4 Å². The number of carbonyl (C=O) groups is 1. The molecule has 0 saturated heterocycles. The number of halogens is 2. The summed E-state index contributed by atoms with van der Waals surface area (Å²) in [5.74, 6) is 0.0536. The first-order chi connectivity index (χ1) is 16.1. The van der Waals surface area contributed by atoms with E-state index in [-0.39, 0.29) is 16.6 Å². The molecule has 3 rings (SSSR count). The van der Waals surface area contributed by atoms with Crippen LogP contribution >= 0.6 is 31.9 Å². The topological polar surface area (TPSA) is 84.5 Å². The fourth-order valence-electron chi connectivity index (χ4n) is 3.60. The summed E-state index contributed by atoms with van der Waals surface area (Å²) in [6.07, 6.45) is 0.726. The minimum absolute atomic E-state index is 0.0315. The van der Waals surface area contributed by atoms with Crippen LogP contribution in [0.1, 0.15) is 34.0 Å². The first-order valence-electron chi connectivity index (χ1n) is 10.7. The molecule has 0 spiro atoms. The van der Waals surface area contributed by atoms with E-state index in [2.05, 4.69) is 67.9 Å². The molecule has 0 unspecified atom stereocenters. The molecule has 0 bridgehead atoms. The zero-order valence-corrected chi connectivity index (χ0v) is 23.1. The van der Waals surface area contributed by atoms with Gasteiger partial charge in [0.15, 0.2) is 0 Å². The number of hydrogen-bond acceptors (Lipinski definition) is 4. The Morgan fingerprint density at radius 1 is 0.941 bits per heavy atom. The van der Waals surface area contributed by atoms with E-state index in [0.29, 0.717) is 28.9 Å². The Bertz CT molecular complexity index is 1270. The van der Waals surface area contributed by atoms with Gasteiger partial charge in [-0.25, -0.2) is 8.42 Å². The highest BCUT2D eigenvalue weighted by molar-refractivity contribution is 9.10. The average Bonchev–Trinajstić information content (AvgIpc) is 2.77. The van der Waals surface area contributed by atoms with Gasteiger partial charge in [-0.1, -0.05) is 31.9 Å². The first-order valence-corrected chi connectivity index (χ1v) is 13.8. The van der Waals surface area contributed by atoms with Crippen molar-refractivity contribution in [3.05, 3.63) is 85.8 Å². The van der Waals surface area contributed by atoms with E-state index >= 15 is 0 Å². The summed E-state index contributed by atoms with van der Waals surface area (Å²) in [4.78, 5) is 12.6. The van der Waals surface area contributed by atoms with Gasteiger partial charge in [0.05, 0.1) is 6.61 Å². The first kappa shape index (κ1) is 26.2. The van der Waals surface area contributed by atoms with Gasteiger partial charge in [0.25, 0.3) is 15.9 Å². The van der Waals surface area contributed by atoms with Gasteiger partial charge in [0, 0.05) is 26.7 Å². The van der Waals surface area contributed by atoms with Crippen LogP contribution in [0.2, 0.25) is 0 Å². The third-order valence-electron chi connectivity index (χ3n) is 5.22. The molecule has 3 aromatic rings. The van der Waals surface area contributed by atoms with Crippen molar-refractivity contribution in [3.63, 3.8) is 0 Å². The van der Waals surface area contributed by atoms with Crippen molar-refractivity contribution < 1.29 is 17.9 Å². The number of benzene rings is 3. The van der Waals surface area contributed by atoms with Crippen molar-refractivity contribution in [1.29, 1.82) is 0 Å². The zero-order valence-electron chi connectivity index (χ0n) is 19.1. The van der Waals surface area contributed by atoms with Crippen molar-refractivity contribution in [1.82, 2.24) is 5.32 Å². The maximum Gasteiger partial charge on any atom is 0.265 e. The molecule has 0 radical (unpaired) electrons. The number of anilines is 1. The predicted molar refractivity (Wildman–Crippen MR) is 142 cm³/mol. The third-order valence-corrected chi connectivity index (χ3v) is 7.57. The Morgan fingerprint density at radius 3 is 2.21 bits per heavy atom. The molecule has 6 nitrogen and oxygen atoms in total. The van der Waals surface area contributed by atoms with Crippen LogP contribution in [-0.4, -0.2) is 27.5 Å². The largest absolute Gasteiger partial charge is 0.492 e. The second-order valence-corrected chi connectivity index (χ2v) is 11.2. The number of sulfonamides is 1. The van der Waals surface area contributed by atoms with E-state index < -0.39 is 10.0 Å². The molecule has 2 N–H and O–H groups in total. The lowest BCUT2D eigenvalue weighted by atomic mass is 10.00. The molecule has 0 heterocycles. The van der Waals surface area contributed by atoms with E-state index in [0.717, 1.165) is 10.9 Å². The molecule has 180 valence electrons. The van der Waals surface area contributed by atoms with Crippen LogP contribution < -0.4 is 14.8 Å². The number of aryl methyl sites for hydroxylation is 2.